The highest BCUT2D eigenvalue weighted by molar-refractivity contribution is 9.10. The molecule has 44 heavy (non-hydrogen) atoms. The summed E-state index contributed by atoms with van der Waals surface area (Å²) in [5, 5.41) is 11.8. The summed E-state index contributed by atoms with van der Waals surface area (Å²) in [4.78, 5) is 18.8. The number of carbonyl (C=O) groups is 1. The number of fused-ring (bicyclic) bond motifs is 1. The van der Waals surface area contributed by atoms with Crippen molar-refractivity contribution in [3.05, 3.63) is 92.0 Å². The molecule has 0 fully saturated rings. The summed E-state index contributed by atoms with van der Waals surface area (Å²) in [7, 11) is 1.60. The van der Waals surface area contributed by atoms with Crippen LogP contribution in [-0.4, -0.2) is 40.1 Å². The maximum atomic E-state index is 14.1. The Morgan fingerprint density at radius 3 is 2.57 bits per heavy atom. The molecule has 1 unspecified atom stereocenters. The van der Waals surface area contributed by atoms with Crippen molar-refractivity contribution in [1.29, 1.82) is 0 Å². The molecule has 12 heteroatoms. The van der Waals surface area contributed by atoms with Gasteiger partial charge in [0.15, 0.2) is 11.5 Å². The lowest BCUT2D eigenvalue weighted by Gasteiger charge is -2.29. The molecule has 5 rings (SSSR count). The van der Waals surface area contributed by atoms with Crippen LogP contribution in [0.1, 0.15) is 44.4 Å². The molecule has 0 aliphatic carbocycles. The fourth-order valence-corrected chi connectivity index (χ4v) is 6.32. The van der Waals surface area contributed by atoms with Crippen LogP contribution in [-0.2, 0) is 11.4 Å². The minimum atomic E-state index is -0.611. The first-order valence-electron chi connectivity index (χ1n) is 14.2. The minimum Gasteiger partial charge on any atom is -0.493 e. The van der Waals surface area contributed by atoms with E-state index in [1.165, 1.54) is 0 Å². The van der Waals surface area contributed by atoms with E-state index in [-0.39, 0.29) is 5.91 Å². The molecule has 4 aromatic rings. The van der Waals surface area contributed by atoms with Gasteiger partial charge in [0.1, 0.15) is 18.4 Å². The number of amides is 1. The second-order valence-corrected chi connectivity index (χ2v) is 12.7. The zero-order valence-corrected chi connectivity index (χ0v) is 28.8. The number of ether oxygens (including phenoxy) is 3. The number of anilines is 2. The molecule has 0 saturated heterocycles. The Balaban J connectivity index is 1.55. The van der Waals surface area contributed by atoms with Gasteiger partial charge in [-0.15, -0.1) is 5.10 Å². The van der Waals surface area contributed by atoms with Crippen LogP contribution in [0.15, 0.2) is 86.0 Å². The second-order valence-electron chi connectivity index (χ2n) is 9.91. The Morgan fingerprint density at radius 1 is 1.07 bits per heavy atom. The van der Waals surface area contributed by atoms with Crippen LogP contribution in [0.4, 0.5) is 11.6 Å². The number of hydrogen-bond donors (Lipinski definition) is 2. The number of aromatic nitrogens is 3. The van der Waals surface area contributed by atoms with Crippen molar-refractivity contribution in [2.45, 2.75) is 45.0 Å². The van der Waals surface area contributed by atoms with Crippen LogP contribution in [0.2, 0.25) is 0 Å². The van der Waals surface area contributed by atoms with Gasteiger partial charge in [-0.1, -0.05) is 58.9 Å². The molecule has 2 N–H and O–H groups in total. The van der Waals surface area contributed by atoms with E-state index in [2.05, 4.69) is 49.4 Å². The highest BCUT2D eigenvalue weighted by Crippen LogP contribution is 2.43. The second kappa shape index (κ2) is 14.5. The number of methoxy groups -OCH3 is 1. The number of thioether (sulfide) groups is 1. The molecule has 0 radical (unpaired) electrons. The molecule has 2 heterocycles. The van der Waals surface area contributed by atoms with E-state index < -0.39 is 6.04 Å². The zero-order valence-electron chi connectivity index (χ0n) is 24.8. The number of para-hydroxylation sites is 2. The number of benzene rings is 3. The maximum Gasteiger partial charge on any atom is 0.255 e. The van der Waals surface area contributed by atoms with E-state index in [0.717, 1.165) is 27.8 Å². The van der Waals surface area contributed by atoms with Crippen molar-refractivity contribution in [3.63, 3.8) is 0 Å². The third kappa shape index (κ3) is 7.08. The standard InChI is InChI=1S/C32H33Br2N5O4S/c1-5-15-44-32-37-31-35-19(3)27(30(40)36-24-9-7-8-10-25(24)42-6-2)28(39(31)38-32)21-16-23(34)29(26(17-21)41-4)43-18-20-11-13-22(33)14-12-20/h7-14,16-17,28H,5-6,15,18H2,1-4H3,(H,36,40)(H,35,37,38). The highest BCUT2D eigenvalue weighted by atomic mass is 79.9. The van der Waals surface area contributed by atoms with E-state index in [0.29, 0.717) is 63.0 Å². The monoisotopic (exact) mass is 741 g/mol. The molecule has 0 spiro atoms. The van der Waals surface area contributed by atoms with Gasteiger partial charge in [0.2, 0.25) is 11.1 Å². The predicted octanol–water partition coefficient (Wildman–Crippen LogP) is 8.22. The van der Waals surface area contributed by atoms with Crippen LogP contribution >= 0.6 is 43.6 Å². The van der Waals surface area contributed by atoms with Gasteiger partial charge in [0.05, 0.1) is 29.4 Å². The summed E-state index contributed by atoms with van der Waals surface area (Å²) in [5.41, 5.74) is 3.51. The lowest BCUT2D eigenvalue weighted by molar-refractivity contribution is -0.113. The molecule has 1 aliphatic heterocycles. The summed E-state index contributed by atoms with van der Waals surface area (Å²) in [6.07, 6.45) is 0.988. The first kappa shape index (κ1) is 31.9. The Labute approximate surface area is 278 Å². The van der Waals surface area contributed by atoms with Crippen LogP contribution in [0, 0.1) is 0 Å². The number of halogens is 2. The van der Waals surface area contributed by atoms with E-state index in [1.807, 2.05) is 74.5 Å². The number of hydrogen-bond acceptors (Lipinski definition) is 8. The zero-order chi connectivity index (χ0) is 31.2. The van der Waals surface area contributed by atoms with E-state index in [1.54, 1.807) is 23.6 Å². The van der Waals surface area contributed by atoms with E-state index >= 15 is 0 Å². The van der Waals surface area contributed by atoms with Crippen molar-refractivity contribution >= 4 is 61.2 Å². The molecule has 3 aromatic carbocycles. The normalized spacial score (nSPS) is 14.1. The average Bonchev–Trinajstić information content (AvgIpc) is 3.42. The van der Waals surface area contributed by atoms with Gasteiger partial charge >= 0.3 is 0 Å². The maximum absolute atomic E-state index is 14.1. The summed E-state index contributed by atoms with van der Waals surface area (Å²) >= 11 is 8.76. The predicted molar refractivity (Wildman–Crippen MR) is 181 cm³/mol. The topological polar surface area (TPSA) is 99.5 Å². The number of nitrogens with zero attached hydrogens (tertiary/aromatic N) is 3. The van der Waals surface area contributed by atoms with Crippen LogP contribution in [0.5, 0.6) is 17.2 Å². The van der Waals surface area contributed by atoms with Crippen LogP contribution in [0.25, 0.3) is 0 Å². The van der Waals surface area contributed by atoms with Crippen LogP contribution in [0.3, 0.4) is 0 Å². The Hall–Kier alpha value is -3.48. The van der Waals surface area contributed by atoms with Crippen molar-refractivity contribution in [2.24, 2.45) is 0 Å². The number of carbonyl (C=O) groups excluding carboxylic acids is 1. The lowest BCUT2D eigenvalue weighted by Crippen LogP contribution is -2.31. The number of allylic oxidation sites excluding steroid dienone is 1. The van der Waals surface area contributed by atoms with Crippen LogP contribution < -0.4 is 24.8 Å². The Kier molecular flexibility index (Phi) is 10.5. The van der Waals surface area contributed by atoms with Gasteiger partial charge in [0.25, 0.3) is 5.91 Å². The molecule has 230 valence electrons. The van der Waals surface area contributed by atoms with Gasteiger partial charge < -0.3 is 24.8 Å². The van der Waals surface area contributed by atoms with Gasteiger partial charge in [0, 0.05) is 15.9 Å². The largest absolute Gasteiger partial charge is 0.493 e. The molecule has 0 bridgehead atoms. The fraction of sp³-hybridized carbons (Fsp3) is 0.281. The molecular formula is C32H33Br2N5O4S. The first-order valence-corrected chi connectivity index (χ1v) is 16.7. The number of nitrogens with one attached hydrogen (secondary N) is 2. The van der Waals surface area contributed by atoms with Gasteiger partial charge in [-0.2, -0.15) is 4.98 Å². The smallest absolute Gasteiger partial charge is 0.255 e. The van der Waals surface area contributed by atoms with Gasteiger partial charge in [-0.25, -0.2) is 4.68 Å². The van der Waals surface area contributed by atoms with Crippen molar-refractivity contribution in [3.8, 4) is 17.2 Å². The average molecular weight is 744 g/mol. The molecule has 1 aliphatic rings. The quantitative estimate of drug-likeness (QED) is 0.140. The SMILES string of the molecule is CCCSc1nc2n(n1)C(c1cc(Br)c(OCc3ccc(Br)cc3)c(OC)c1)C(C(=O)Nc1ccccc1OCC)=C(C)N2. The molecular weight excluding hydrogens is 710 g/mol. The van der Waals surface area contributed by atoms with Crippen molar-refractivity contribution < 1.29 is 19.0 Å². The first-order chi connectivity index (χ1) is 21.3. The fourth-order valence-electron chi connectivity index (χ4n) is 4.80. The summed E-state index contributed by atoms with van der Waals surface area (Å²) in [5.74, 6) is 2.82. The molecule has 1 aromatic heterocycles. The molecule has 1 atom stereocenters. The van der Waals surface area contributed by atoms with E-state index in [9.17, 15) is 4.79 Å². The summed E-state index contributed by atoms with van der Waals surface area (Å²) < 4.78 is 21.2. The highest BCUT2D eigenvalue weighted by Gasteiger charge is 2.35. The summed E-state index contributed by atoms with van der Waals surface area (Å²) in [6.45, 7) is 6.72. The van der Waals surface area contributed by atoms with E-state index in [4.69, 9.17) is 24.3 Å². The third-order valence-corrected chi connectivity index (χ3v) is 8.97. The number of rotatable bonds is 12. The Morgan fingerprint density at radius 2 is 1.84 bits per heavy atom. The molecule has 1 amide bonds. The van der Waals surface area contributed by atoms with Gasteiger partial charge in [-0.05, 0) is 83.7 Å². The third-order valence-electron chi connectivity index (χ3n) is 6.81. The van der Waals surface area contributed by atoms with Crippen molar-refractivity contribution in [1.82, 2.24) is 14.8 Å². The summed E-state index contributed by atoms with van der Waals surface area (Å²) in [6, 6.07) is 18.5. The van der Waals surface area contributed by atoms with Gasteiger partial charge in [-0.3, -0.25) is 4.79 Å². The lowest BCUT2D eigenvalue weighted by atomic mass is 9.94. The molecule has 0 saturated carbocycles. The Bertz CT molecular complexity index is 1680. The van der Waals surface area contributed by atoms with Crippen molar-refractivity contribution in [2.75, 3.05) is 30.1 Å². The molecule has 9 nitrogen and oxygen atoms in total. The minimum absolute atomic E-state index is 0.290.